The summed E-state index contributed by atoms with van der Waals surface area (Å²) in [7, 11) is 0. The Balaban J connectivity index is 1.76. The van der Waals surface area contributed by atoms with E-state index < -0.39 is 0 Å². The first-order valence-electron chi connectivity index (χ1n) is 7.59. The lowest BCUT2D eigenvalue weighted by Gasteiger charge is -2.47. The smallest absolute Gasteiger partial charge is 0.274 e. The molecule has 2 aliphatic rings. The number of amides is 1. The average Bonchev–Trinajstić information content (AvgIpc) is 2.79. The monoisotopic (exact) mass is 293 g/mol. The van der Waals surface area contributed by atoms with Gasteiger partial charge in [-0.25, -0.2) is 0 Å². The van der Waals surface area contributed by atoms with E-state index in [2.05, 4.69) is 10.2 Å². The Morgan fingerprint density at radius 3 is 2.90 bits per heavy atom. The number of rotatable bonds is 3. The molecule has 116 valence electrons. The van der Waals surface area contributed by atoms with Crippen molar-refractivity contribution in [3.05, 3.63) is 17.0 Å². The third kappa shape index (κ3) is 2.46. The highest BCUT2D eigenvalue weighted by Crippen LogP contribution is 2.32. The van der Waals surface area contributed by atoms with Gasteiger partial charge in [-0.15, -0.1) is 0 Å². The fourth-order valence-electron chi connectivity index (χ4n) is 3.34. The van der Waals surface area contributed by atoms with Crippen LogP contribution in [0.5, 0.6) is 0 Å². The molecule has 6 nitrogen and oxygen atoms in total. The van der Waals surface area contributed by atoms with Crippen molar-refractivity contribution in [2.75, 3.05) is 19.7 Å². The Kier molecular flexibility index (Phi) is 3.53. The van der Waals surface area contributed by atoms with E-state index in [1.807, 2.05) is 27.7 Å². The van der Waals surface area contributed by atoms with Crippen LogP contribution in [0.3, 0.4) is 0 Å². The third-order valence-electron chi connectivity index (χ3n) is 4.27. The number of nitrogens with zero attached hydrogens (tertiary/aromatic N) is 2. The maximum absolute atomic E-state index is 12.6. The molecule has 2 atom stereocenters. The molecule has 1 aromatic heterocycles. The lowest BCUT2D eigenvalue weighted by atomic mass is 9.94. The lowest BCUT2D eigenvalue weighted by Crippen LogP contribution is -2.63. The van der Waals surface area contributed by atoms with E-state index in [9.17, 15) is 4.79 Å². The summed E-state index contributed by atoms with van der Waals surface area (Å²) in [5, 5.41) is 7.21. The lowest BCUT2D eigenvalue weighted by molar-refractivity contribution is -0.113. The van der Waals surface area contributed by atoms with Crippen molar-refractivity contribution in [2.24, 2.45) is 0 Å². The van der Waals surface area contributed by atoms with E-state index in [-0.39, 0.29) is 23.7 Å². The summed E-state index contributed by atoms with van der Waals surface area (Å²) in [6.07, 6.45) is 0.804. The van der Waals surface area contributed by atoms with Crippen LogP contribution in [0.15, 0.2) is 0 Å². The number of hydrogen-bond donors (Lipinski definition) is 1. The van der Waals surface area contributed by atoms with Gasteiger partial charge in [0.1, 0.15) is 5.60 Å². The number of hydrogen-bond acceptors (Lipinski definition) is 4. The summed E-state index contributed by atoms with van der Waals surface area (Å²) < 4.78 is 11.4. The van der Waals surface area contributed by atoms with Gasteiger partial charge in [-0.05, 0) is 27.7 Å². The van der Waals surface area contributed by atoms with E-state index in [4.69, 9.17) is 9.47 Å². The molecular formula is C15H23N3O3. The molecule has 1 fully saturated rings. The molecule has 1 amide bonds. The molecule has 2 aliphatic heterocycles. The van der Waals surface area contributed by atoms with Crippen LogP contribution < -0.4 is 0 Å². The summed E-state index contributed by atoms with van der Waals surface area (Å²) in [4.78, 5) is 14.4. The van der Waals surface area contributed by atoms with Gasteiger partial charge in [-0.1, -0.05) is 0 Å². The molecule has 0 saturated carbocycles. The van der Waals surface area contributed by atoms with Crippen LogP contribution >= 0.6 is 0 Å². The molecule has 1 saturated heterocycles. The summed E-state index contributed by atoms with van der Waals surface area (Å²) in [5.41, 5.74) is 2.29. The fraction of sp³-hybridized carbons (Fsp3) is 0.733. The zero-order valence-corrected chi connectivity index (χ0v) is 13.1. The molecule has 0 bridgehead atoms. The number of likely N-dealkylation sites (tertiary alicyclic amines) is 1. The molecule has 21 heavy (non-hydrogen) atoms. The highest BCUT2D eigenvalue weighted by molar-refractivity contribution is 5.94. The first kappa shape index (κ1) is 14.5. The number of carbonyl (C=O) groups excluding carboxylic acids is 1. The second-order valence-corrected chi connectivity index (χ2v) is 6.30. The largest absolute Gasteiger partial charge is 0.372 e. The van der Waals surface area contributed by atoms with Crippen LogP contribution in [0.2, 0.25) is 0 Å². The predicted molar refractivity (Wildman–Crippen MR) is 77.2 cm³/mol. The van der Waals surface area contributed by atoms with Gasteiger partial charge in [0.2, 0.25) is 0 Å². The molecule has 0 unspecified atom stereocenters. The normalized spacial score (nSPS) is 27.1. The van der Waals surface area contributed by atoms with E-state index in [0.717, 1.165) is 17.7 Å². The van der Waals surface area contributed by atoms with Crippen LogP contribution in [0.4, 0.5) is 0 Å². The minimum absolute atomic E-state index is 0.00835. The van der Waals surface area contributed by atoms with Crippen molar-refractivity contribution in [3.8, 4) is 0 Å². The molecule has 0 aromatic carbocycles. The highest BCUT2D eigenvalue weighted by atomic mass is 16.5. The van der Waals surface area contributed by atoms with Gasteiger partial charge in [0.15, 0.2) is 5.69 Å². The van der Waals surface area contributed by atoms with Gasteiger partial charge in [0.25, 0.3) is 5.91 Å². The van der Waals surface area contributed by atoms with Gasteiger partial charge >= 0.3 is 0 Å². The number of fused-ring (bicyclic) bond motifs is 1. The van der Waals surface area contributed by atoms with E-state index in [1.54, 1.807) is 4.90 Å². The van der Waals surface area contributed by atoms with Crippen LogP contribution in [0.25, 0.3) is 0 Å². The van der Waals surface area contributed by atoms with Crippen LogP contribution in [-0.4, -0.2) is 52.4 Å². The summed E-state index contributed by atoms with van der Waals surface area (Å²) >= 11 is 0. The molecule has 0 radical (unpaired) electrons. The van der Waals surface area contributed by atoms with Crippen LogP contribution in [0.1, 0.15) is 55.5 Å². The summed E-state index contributed by atoms with van der Waals surface area (Å²) in [6, 6.07) is 0. The number of ether oxygens (including phenoxy) is 2. The zero-order valence-electron chi connectivity index (χ0n) is 13.1. The summed E-state index contributed by atoms with van der Waals surface area (Å²) in [6.45, 7) is 9.95. The molecular weight excluding hydrogens is 270 g/mol. The van der Waals surface area contributed by atoms with Crippen molar-refractivity contribution < 1.29 is 14.3 Å². The van der Waals surface area contributed by atoms with Crippen molar-refractivity contribution in [3.63, 3.8) is 0 Å². The highest BCUT2D eigenvalue weighted by Gasteiger charge is 2.44. The first-order chi connectivity index (χ1) is 9.93. The molecule has 6 heteroatoms. The Morgan fingerprint density at radius 2 is 2.24 bits per heavy atom. The van der Waals surface area contributed by atoms with Gasteiger partial charge in [-0.2, -0.15) is 5.10 Å². The van der Waals surface area contributed by atoms with Crippen molar-refractivity contribution in [1.29, 1.82) is 0 Å². The Labute approximate surface area is 124 Å². The minimum Gasteiger partial charge on any atom is -0.372 e. The SMILES string of the molecule is CCOC1(C)CN(C(=O)c2n[nH]c3c2C[C@H](C)O[C@@H]3C)C1. The predicted octanol–water partition coefficient (Wildman–Crippen LogP) is 1.68. The number of H-pyrrole nitrogens is 1. The maximum Gasteiger partial charge on any atom is 0.274 e. The van der Waals surface area contributed by atoms with E-state index in [0.29, 0.717) is 25.4 Å². The topological polar surface area (TPSA) is 67.5 Å². The molecule has 3 heterocycles. The average molecular weight is 293 g/mol. The van der Waals surface area contributed by atoms with Gasteiger partial charge in [-0.3, -0.25) is 9.89 Å². The second-order valence-electron chi connectivity index (χ2n) is 6.30. The van der Waals surface area contributed by atoms with Gasteiger partial charge < -0.3 is 14.4 Å². The minimum atomic E-state index is -0.204. The number of aromatic amines is 1. The van der Waals surface area contributed by atoms with Crippen LogP contribution in [-0.2, 0) is 15.9 Å². The maximum atomic E-state index is 12.6. The first-order valence-corrected chi connectivity index (χ1v) is 7.59. The fourth-order valence-corrected chi connectivity index (χ4v) is 3.34. The number of aromatic nitrogens is 2. The molecule has 0 aliphatic carbocycles. The van der Waals surface area contributed by atoms with Crippen molar-refractivity contribution in [2.45, 2.75) is 51.9 Å². The Morgan fingerprint density at radius 1 is 1.52 bits per heavy atom. The number of nitrogens with one attached hydrogen (secondary N) is 1. The van der Waals surface area contributed by atoms with E-state index >= 15 is 0 Å². The zero-order chi connectivity index (χ0) is 15.2. The molecule has 1 N–H and O–H groups in total. The standard InChI is InChI=1S/C15H23N3O3/c1-5-20-15(4)7-18(8-15)14(19)13-11-6-9(2)21-10(3)12(11)16-17-13/h9-10H,5-8H2,1-4H3,(H,16,17)/t9-,10+/m0/s1. The third-order valence-corrected chi connectivity index (χ3v) is 4.27. The van der Waals surface area contributed by atoms with Crippen molar-refractivity contribution in [1.82, 2.24) is 15.1 Å². The Hall–Kier alpha value is -1.40. The number of carbonyl (C=O) groups is 1. The molecule has 1 aromatic rings. The molecule has 3 rings (SSSR count). The molecule has 0 spiro atoms. The van der Waals surface area contributed by atoms with E-state index in [1.165, 1.54) is 0 Å². The van der Waals surface area contributed by atoms with Crippen molar-refractivity contribution >= 4 is 5.91 Å². The Bertz CT molecular complexity index is 548. The van der Waals surface area contributed by atoms with Gasteiger partial charge in [0, 0.05) is 18.6 Å². The quantitative estimate of drug-likeness (QED) is 0.920. The second kappa shape index (κ2) is 5.10. The van der Waals surface area contributed by atoms with Gasteiger partial charge in [0.05, 0.1) is 31.0 Å². The van der Waals surface area contributed by atoms with Crippen LogP contribution in [0, 0.1) is 0 Å². The summed E-state index contributed by atoms with van der Waals surface area (Å²) in [5.74, 6) is -0.00835.